The van der Waals surface area contributed by atoms with Crippen LogP contribution in [0.5, 0.6) is 0 Å². The molecule has 3 nitrogen and oxygen atoms in total. The summed E-state index contributed by atoms with van der Waals surface area (Å²) in [6, 6.07) is 5.85. The fourth-order valence-electron chi connectivity index (χ4n) is 1.46. The Hall–Kier alpha value is -1.06. The van der Waals surface area contributed by atoms with Crippen molar-refractivity contribution in [3.63, 3.8) is 0 Å². The third-order valence-corrected chi connectivity index (χ3v) is 2.25. The minimum absolute atomic E-state index is 0.385. The third kappa shape index (κ3) is 3.01. The van der Waals surface area contributed by atoms with Crippen molar-refractivity contribution in [1.82, 2.24) is 0 Å². The van der Waals surface area contributed by atoms with Crippen LogP contribution in [0.2, 0.25) is 0 Å². The predicted molar refractivity (Wildman–Crippen MR) is 59.0 cm³/mol. The number of nitrogen functional groups attached to an aromatic ring is 1. The molecule has 0 saturated heterocycles. The Morgan fingerprint density at radius 3 is 2.79 bits per heavy atom. The van der Waals surface area contributed by atoms with Crippen molar-refractivity contribution in [2.75, 3.05) is 12.3 Å². The summed E-state index contributed by atoms with van der Waals surface area (Å²) in [4.78, 5) is 0. The van der Waals surface area contributed by atoms with Crippen LogP contribution in [0, 0.1) is 6.92 Å². The van der Waals surface area contributed by atoms with Gasteiger partial charge in [0.15, 0.2) is 0 Å². The number of aliphatic hydroxyl groups is 1. The summed E-state index contributed by atoms with van der Waals surface area (Å²) in [6.45, 7) is 2.52. The van der Waals surface area contributed by atoms with E-state index in [-0.39, 0.29) is 6.10 Å². The van der Waals surface area contributed by atoms with Crippen molar-refractivity contribution in [2.24, 2.45) is 5.73 Å². The Morgan fingerprint density at radius 1 is 1.43 bits per heavy atom. The van der Waals surface area contributed by atoms with Crippen molar-refractivity contribution in [3.8, 4) is 0 Å². The van der Waals surface area contributed by atoms with E-state index in [1.54, 1.807) is 0 Å². The molecule has 1 rings (SSSR count). The van der Waals surface area contributed by atoms with Crippen LogP contribution in [0.15, 0.2) is 18.2 Å². The van der Waals surface area contributed by atoms with Crippen molar-refractivity contribution >= 4 is 5.69 Å². The van der Waals surface area contributed by atoms with Gasteiger partial charge in [-0.3, -0.25) is 0 Å². The van der Waals surface area contributed by atoms with Crippen LogP contribution in [0.1, 0.15) is 17.5 Å². The molecule has 78 valence electrons. The maximum atomic E-state index is 9.58. The molecule has 0 amide bonds. The quantitative estimate of drug-likeness (QED) is 0.622. The van der Waals surface area contributed by atoms with Gasteiger partial charge in [0, 0.05) is 12.1 Å². The normalized spacial score (nSPS) is 12.8. The summed E-state index contributed by atoms with van der Waals surface area (Å²) in [7, 11) is 0. The molecule has 0 aliphatic heterocycles. The van der Waals surface area contributed by atoms with Crippen LogP contribution >= 0.6 is 0 Å². The van der Waals surface area contributed by atoms with E-state index in [0.717, 1.165) is 16.8 Å². The van der Waals surface area contributed by atoms with Crippen LogP contribution < -0.4 is 11.5 Å². The minimum atomic E-state index is -0.385. The lowest BCUT2D eigenvalue weighted by Gasteiger charge is -2.11. The summed E-state index contributed by atoms with van der Waals surface area (Å²) >= 11 is 0. The SMILES string of the molecule is Cc1ccc(N)c(C[C@@H](O)CCN)c1. The first-order chi connectivity index (χ1) is 6.63. The zero-order valence-electron chi connectivity index (χ0n) is 8.53. The lowest BCUT2D eigenvalue weighted by Crippen LogP contribution is -2.16. The molecule has 0 fully saturated rings. The van der Waals surface area contributed by atoms with E-state index >= 15 is 0 Å². The van der Waals surface area contributed by atoms with Gasteiger partial charge in [0.25, 0.3) is 0 Å². The molecule has 1 aromatic rings. The van der Waals surface area contributed by atoms with Gasteiger partial charge in [-0.1, -0.05) is 17.7 Å². The highest BCUT2D eigenvalue weighted by Gasteiger charge is 2.07. The van der Waals surface area contributed by atoms with Gasteiger partial charge < -0.3 is 16.6 Å². The van der Waals surface area contributed by atoms with Crippen molar-refractivity contribution < 1.29 is 5.11 Å². The summed E-state index contributed by atoms with van der Waals surface area (Å²) in [5.74, 6) is 0. The first-order valence-electron chi connectivity index (χ1n) is 4.86. The van der Waals surface area contributed by atoms with Crippen LogP contribution in [0.25, 0.3) is 0 Å². The summed E-state index contributed by atoms with van der Waals surface area (Å²) in [5, 5.41) is 9.58. The third-order valence-electron chi connectivity index (χ3n) is 2.25. The van der Waals surface area contributed by atoms with Gasteiger partial charge in [-0.05, 0) is 31.5 Å². The fourth-order valence-corrected chi connectivity index (χ4v) is 1.46. The van der Waals surface area contributed by atoms with Crippen LogP contribution in [-0.4, -0.2) is 17.8 Å². The Labute approximate surface area is 84.7 Å². The van der Waals surface area contributed by atoms with Crippen molar-refractivity contribution in [3.05, 3.63) is 29.3 Å². The molecular weight excluding hydrogens is 176 g/mol. The fraction of sp³-hybridized carbons (Fsp3) is 0.455. The maximum absolute atomic E-state index is 9.58. The number of nitrogens with two attached hydrogens (primary N) is 2. The highest BCUT2D eigenvalue weighted by atomic mass is 16.3. The van der Waals surface area contributed by atoms with Gasteiger partial charge in [0.05, 0.1) is 6.10 Å². The van der Waals surface area contributed by atoms with Crippen LogP contribution in [0.4, 0.5) is 5.69 Å². The molecule has 0 saturated carbocycles. The van der Waals surface area contributed by atoms with E-state index in [0.29, 0.717) is 19.4 Å². The second-order valence-electron chi connectivity index (χ2n) is 3.64. The maximum Gasteiger partial charge on any atom is 0.0593 e. The second-order valence-corrected chi connectivity index (χ2v) is 3.64. The molecule has 14 heavy (non-hydrogen) atoms. The number of hydrogen-bond donors (Lipinski definition) is 3. The van der Waals surface area contributed by atoms with Crippen LogP contribution in [0.3, 0.4) is 0 Å². The van der Waals surface area contributed by atoms with Gasteiger partial charge in [-0.15, -0.1) is 0 Å². The summed E-state index contributed by atoms with van der Waals surface area (Å²) < 4.78 is 0. The molecule has 5 N–H and O–H groups in total. The second kappa shape index (κ2) is 4.98. The average Bonchev–Trinajstić information content (AvgIpc) is 2.12. The predicted octanol–water partition coefficient (Wildman–Crippen LogP) is 0.829. The molecule has 0 bridgehead atoms. The Morgan fingerprint density at radius 2 is 2.14 bits per heavy atom. The first kappa shape index (κ1) is 11.0. The number of aryl methyl sites for hydroxylation is 1. The molecule has 0 aromatic heterocycles. The molecule has 0 spiro atoms. The molecule has 0 unspecified atom stereocenters. The van der Waals surface area contributed by atoms with Crippen molar-refractivity contribution in [2.45, 2.75) is 25.9 Å². The van der Waals surface area contributed by atoms with Gasteiger partial charge in [-0.25, -0.2) is 0 Å². The standard InChI is InChI=1S/C11H18N2O/c1-8-2-3-11(13)9(6-8)7-10(14)4-5-12/h2-3,6,10,14H,4-5,7,12-13H2,1H3/t10-/m0/s1. The molecule has 0 aliphatic carbocycles. The van der Waals surface area contributed by atoms with E-state index in [1.165, 1.54) is 0 Å². The number of rotatable bonds is 4. The smallest absolute Gasteiger partial charge is 0.0593 e. The highest BCUT2D eigenvalue weighted by Crippen LogP contribution is 2.16. The molecule has 0 heterocycles. The van der Waals surface area contributed by atoms with E-state index < -0.39 is 0 Å². The number of aliphatic hydroxyl groups excluding tert-OH is 1. The van der Waals surface area contributed by atoms with Gasteiger partial charge in [-0.2, -0.15) is 0 Å². The largest absolute Gasteiger partial charge is 0.399 e. The molecule has 3 heteroatoms. The van der Waals surface area contributed by atoms with E-state index in [2.05, 4.69) is 0 Å². The lowest BCUT2D eigenvalue weighted by atomic mass is 10.0. The molecule has 0 aliphatic rings. The molecule has 1 atom stereocenters. The highest BCUT2D eigenvalue weighted by molar-refractivity contribution is 5.48. The Kier molecular flexibility index (Phi) is 3.92. The topological polar surface area (TPSA) is 72.3 Å². The number of hydrogen-bond acceptors (Lipinski definition) is 3. The summed E-state index contributed by atoms with van der Waals surface area (Å²) in [6.07, 6.45) is 0.821. The Balaban J connectivity index is 2.70. The van der Waals surface area contributed by atoms with Gasteiger partial charge in [0.2, 0.25) is 0 Å². The molecular formula is C11H18N2O. The number of anilines is 1. The average molecular weight is 194 g/mol. The van der Waals surface area contributed by atoms with Gasteiger partial charge >= 0.3 is 0 Å². The Bertz CT molecular complexity index is 299. The molecule has 1 aromatic carbocycles. The number of benzene rings is 1. The monoisotopic (exact) mass is 194 g/mol. The molecule has 0 radical (unpaired) electrons. The van der Waals surface area contributed by atoms with Crippen LogP contribution in [-0.2, 0) is 6.42 Å². The van der Waals surface area contributed by atoms with E-state index in [1.807, 2.05) is 25.1 Å². The summed E-state index contributed by atoms with van der Waals surface area (Å²) in [5.41, 5.74) is 14.1. The van der Waals surface area contributed by atoms with E-state index in [9.17, 15) is 5.11 Å². The minimum Gasteiger partial charge on any atom is -0.399 e. The zero-order chi connectivity index (χ0) is 10.6. The lowest BCUT2D eigenvalue weighted by molar-refractivity contribution is 0.168. The van der Waals surface area contributed by atoms with E-state index in [4.69, 9.17) is 11.5 Å². The first-order valence-corrected chi connectivity index (χ1v) is 4.86. The van der Waals surface area contributed by atoms with Gasteiger partial charge in [0.1, 0.15) is 0 Å². The zero-order valence-corrected chi connectivity index (χ0v) is 8.53. The van der Waals surface area contributed by atoms with Crippen molar-refractivity contribution in [1.29, 1.82) is 0 Å².